The fraction of sp³-hybridized carbons (Fsp3) is 0.769. The molecule has 4 heteroatoms. The van der Waals surface area contributed by atoms with Gasteiger partial charge < -0.3 is 10.2 Å². The molecule has 0 spiro atoms. The van der Waals surface area contributed by atoms with E-state index in [9.17, 15) is 0 Å². The van der Waals surface area contributed by atoms with E-state index >= 15 is 0 Å². The van der Waals surface area contributed by atoms with Crippen LogP contribution in [0.25, 0.3) is 0 Å². The highest BCUT2D eigenvalue weighted by molar-refractivity contribution is 7.11. The van der Waals surface area contributed by atoms with Crippen LogP contribution < -0.4 is 5.32 Å². The highest BCUT2D eigenvalue weighted by Gasteiger charge is 2.16. The van der Waals surface area contributed by atoms with Crippen LogP contribution >= 0.6 is 11.3 Å². The predicted octanol–water partition coefficient (Wildman–Crippen LogP) is 2.19. The zero-order valence-corrected chi connectivity index (χ0v) is 11.9. The van der Waals surface area contributed by atoms with Gasteiger partial charge in [0.25, 0.3) is 0 Å². The largest absolute Gasteiger partial charge is 0.317 e. The first-order chi connectivity index (χ1) is 8.15. The van der Waals surface area contributed by atoms with Gasteiger partial charge in [0.2, 0.25) is 0 Å². The summed E-state index contributed by atoms with van der Waals surface area (Å²) in [5.74, 6) is 0.871. The summed E-state index contributed by atoms with van der Waals surface area (Å²) < 4.78 is 0. The van der Waals surface area contributed by atoms with E-state index < -0.39 is 0 Å². The Balaban J connectivity index is 1.83. The first kappa shape index (κ1) is 13.0. The second-order valence-corrected chi connectivity index (χ2v) is 6.42. The van der Waals surface area contributed by atoms with E-state index in [2.05, 4.69) is 36.1 Å². The van der Waals surface area contributed by atoms with Gasteiger partial charge >= 0.3 is 0 Å². The van der Waals surface area contributed by atoms with Gasteiger partial charge in [-0.3, -0.25) is 0 Å². The molecule has 1 aromatic rings. The summed E-state index contributed by atoms with van der Waals surface area (Å²) in [6.45, 7) is 8.87. The van der Waals surface area contributed by atoms with Gasteiger partial charge in [-0.2, -0.15) is 0 Å². The van der Waals surface area contributed by atoms with Crippen molar-refractivity contribution in [3.63, 3.8) is 0 Å². The van der Waals surface area contributed by atoms with Crippen molar-refractivity contribution in [1.29, 1.82) is 0 Å². The SMILES string of the molecule is Cc1nc(C)c(CN(C)CC2CCNCC2)s1. The number of aromatic nitrogens is 1. The summed E-state index contributed by atoms with van der Waals surface area (Å²) in [5, 5.41) is 4.61. The van der Waals surface area contributed by atoms with Crippen LogP contribution in [0.5, 0.6) is 0 Å². The summed E-state index contributed by atoms with van der Waals surface area (Å²) in [6.07, 6.45) is 2.65. The van der Waals surface area contributed by atoms with Crippen molar-refractivity contribution < 1.29 is 0 Å². The molecule has 0 bridgehead atoms. The van der Waals surface area contributed by atoms with E-state index in [0.29, 0.717) is 0 Å². The van der Waals surface area contributed by atoms with Crippen molar-refractivity contribution in [2.45, 2.75) is 33.2 Å². The van der Waals surface area contributed by atoms with E-state index in [-0.39, 0.29) is 0 Å². The van der Waals surface area contributed by atoms with Crippen molar-refractivity contribution in [2.24, 2.45) is 5.92 Å². The topological polar surface area (TPSA) is 28.2 Å². The van der Waals surface area contributed by atoms with Crippen molar-refractivity contribution in [1.82, 2.24) is 15.2 Å². The maximum atomic E-state index is 4.49. The number of rotatable bonds is 4. The summed E-state index contributed by atoms with van der Waals surface area (Å²) in [7, 11) is 2.23. The van der Waals surface area contributed by atoms with Crippen LogP contribution in [0.2, 0.25) is 0 Å². The van der Waals surface area contributed by atoms with Gasteiger partial charge in [-0.15, -0.1) is 11.3 Å². The van der Waals surface area contributed by atoms with Crippen LogP contribution in [0, 0.1) is 19.8 Å². The second kappa shape index (κ2) is 5.94. The molecule has 1 saturated heterocycles. The van der Waals surface area contributed by atoms with Gasteiger partial charge in [-0.1, -0.05) is 0 Å². The van der Waals surface area contributed by atoms with Crippen molar-refractivity contribution >= 4 is 11.3 Å². The molecule has 0 atom stereocenters. The predicted molar refractivity (Wildman–Crippen MR) is 73.5 cm³/mol. The fourth-order valence-corrected chi connectivity index (χ4v) is 3.55. The molecule has 1 fully saturated rings. The number of nitrogens with zero attached hydrogens (tertiary/aromatic N) is 2. The third kappa shape index (κ3) is 3.76. The first-order valence-corrected chi connectivity index (χ1v) is 7.29. The van der Waals surface area contributed by atoms with E-state index in [0.717, 1.165) is 12.5 Å². The summed E-state index contributed by atoms with van der Waals surface area (Å²) >= 11 is 1.84. The lowest BCUT2D eigenvalue weighted by atomic mass is 9.98. The monoisotopic (exact) mass is 253 g/mol. The molecule has 0 aromatic carbocycles. The molecule has 96 valence electrons. The Morgan fingerprint density at radius 2 is 2.06 bits per heavy atom. The van der Waals surface area contributed by atoms with Crippen LogP contribution in [-0.4, -0.2) is 36.6 Å². The number of nitrogens with one attached hydrogen (secondary N) is 1. The zero-order chi connectivity index (χ0) is 12.3. The molecule has 3 nitrogen and oxygen atoms in total. The van der Waals surface area contributed by atoms with Gasteiger partial charge in [0, 0.05) is 18.0 Å². The molecule has 0 unspecified atom stereocenters. The van der Waals surface area contributed by atoms with Crippen LogP contribution in [-0.2, 0) is 6.54 Å². The molecule has 1 aliphatic rings. The first-order valence-electron chi connectivity index (χ1n) is 6.47. The van der Waals surface area contributed by atoms with Crippen LogP contribution in [0.3, 0.4) is 0 Å². The summed E-state index contributed by atoms with van der Waals surface area (Å²) in [4.78, 5) is 8.38. The Morgan fingerprint density at radius 1 is 1.35 bits per heavy atom. The van der Waals surface area contributed by atoms with Crippen molar-refractivity contribution in [2.75, 3.05) is 26.7 Å². The van der Waals surface area contributed by atoms with Gasteiger partial charge in [0.15, 0.2) is 0 Å². The molecule has 0 radical (unpaired) electrons. The average molecular weight is 253 g/mol. The van der Waals surface area contributed by atoms with Crippen LogP contribution in [0.4, 0.5) is 0 Å². The highest BCUT2D eigenvalue weighted by Crippen LogP contribution is 2.20. The molecule has 2 heterocycles. The molecule has 1 aromatic heterocycles. The Bertz CT molecular complexity index is 356. The number of aryl methyl sites for hydroxylation is 2. The minimum Gasteiger partial charge on any atom is -0.317 e. The highest BCUT2D eigenvalue weighted by atomic mass is 32.1. The van der Waals surface area contributed by atoms with E-state index in [1.807, 2.05) is 11.3 Å². The number of thiazole rings is 1. The third-order valence-corrected chi connectivity index (χ3v) is 4.50. The lowest BCUT2D eigenvalue weighted by Crippen LogP contribution is -2.34. The molecule has 2 rings (SSSR count). The Labute approximate surface area is 108 Å². The summed E-state index contributed by atoms with van der Waals surface area (Å²) in [6, 6.07) is 0. The molecule has 1 aliphatic heterocycles. The molecule has 17 heavy (non-hydrogen) atoms. The van der Waals surface area contributed by atoms with Crippen LogP contribution in [0.1, 0.15) is 28.4 Å². The molecule has 0 amide bonds. The normalized spacial score (nSPS) is 17.9. The quantitative estimate of drug-likeness (QED) is 0.891. The number of hydrogen-bond acceptors (Lipinski definition) is 4. The standard InChI is InChI=1S/C13H23N3S/c1-10-13(17-11(2)15-10)9-16(3)8-12-4-6-14-7-5-12/h12,14H,4-9H2,1-3H3. The number of hydrogen-bond donors (Lipinski definition) is 1. The molecule has 1 N–H and O–H groups in total. The summed E-state index contributed by atoms with van der Waals surface area (Å²) in [5.41, 5.74) is 1.21. The van der Waals surface area contributed by atoms with E-state index in [4.69, 9.17) is 0 Å². The number of piperidine rings is 1. The van der Waals surface area contributed by atoms with Crippen molar-refractivity contribution in [3.05, 3.63) is 15.6 Å². The van der Waals surface area contributed by atoms with E-state index in [1.54, 1.807) is 0 Å². The van der Waals surface area contributed by atoms with Gasteiger partial charge in [-0.05, 0) is 52.7 Å². The smallest absolute Gasteiger partial charge is 0.0900 e. The van der Waals surface area contributed by atoms with Gasteiger partial charge in [0.05, 0.1) is 10.7 Å². The third-order valence-electron chi connectivity index (χ3n) is 3.44. The molecular weight excluding hydrogens is 230 g/mol. The Kier molecular flexibility index (Phi) is 4.54. The van der Waals surface area contributed by atoms with Crippen LogP contribution in [0.15, 0.2) is 0 Å². The van der Waals surface area contributed by atoms with E-state index in [1.165, 1.54) is 48.1 Å². The van der Waals surface area contributed by atoms with Gasteiger partial charge in [-0.25, -0.2) is 4.98 Å². The molecule has 0 saturated carbocycles. The minimum absolute atomic E-state index is 0.871. The Hall–Kier alpha value is -0.450. The molecular formula is C13H23N3S. The Morgan fingerprint density at radius 3 is 2.65 bits per heavy atom. The minimum atomic E-state index is 0.871. The van der Waals surface area contributed by atoms with Crippen molar-refractivity contribution in [3.8, 4) is 0 Å². The fourth-order valence-electron chi connectivity index (χ4n) is 2.53. The maximum absolute atomic E-state index is 4.49. The zero-order valence-electron chi connectivity index (χ0n) is 11.1. The second-order valence-electron chi connectivity index (χ2n) is 5.13. The average Bonchev–Trinajstić information content (AvgIpc) is 2.58. The van der Waals surface area contributed by atoms with Gasteiger partial charge in [0.1, 0.15) is 0 Å². The maximum Gasteiger partial charge on any atom is 0.0900 e. The lowest BCUT2D eigenvalue weighted by Gasteiger charge is -2.27. The lowest BCUT2D eigenvalue weighted by molar-refractivity contribution is 0.235. The molecule has 0 aliphatic carbocycles.